The highest BCUT2D eigenvalue weighted by atomic mass is 79.9. The Kier molecular flexibility index (Phi) is 28.5. The normalized spacial score (nSPS) is 11.1. The number of benzene rings is 1. The summed E-state index contributed by atoms with van der Waals surface area (Å²) >= 11 is 0. The third-order valence-corrected chi connectivity index (χ3v) is 6.95. The van der Waals surface area contributed by atoms with E-state index in [9.17, 15) is 4.79 Å². The molecule has 0 unspecified atom stereocenters. The second kappa shape index (κ2) is 29.4. The van der Waals surface area contributed by atoms with Gasteiger partial charge in [0, 0.05) is 13.0 Å². The van der Waals surface area contributed by atoms with E-state index >= 15 is 0 Å². The molecule has 3 nitrogen and oxygen atoms in total. The molecule has 0 aliphatic carbocycles. The number of carbonyl (C=O) groups excluding carboxylic acids is 1. The molecule has 2 N–H and O–H groups in total. The topological polar surface area (TPSA) is 41.1 Å². The lowest BCUT2D eigenvalue weighted by atomic mass is 10.1. The molecule has 1 aromatic carbocycles. The zero-order valence-electron chi connectivity index (χ0n) is 24.1. The summed E-state index contributed by atoms with van der Waals surface area (Å²) in [6.07, 6.45) is 30.2. The van der Waals surface area contributed by atoms with Crippen molar-refractivity contribution in [3.05, 3.63) is 48.0 Å². The van der Waals surface area contributed by atoms with Crippen molar-refractivity contribution in [2.24, 2.45) is 0 Å². The molecule has 0 bridgehead atoms. The van der Waals surface area contributed by atoms with Crippen LogP contribution in [0.5, 0.6) is 0 Å². The highest BCUT2D eigenvalue weighted by Crippen LogP contribution is 2.12. The van der Waals surface area contributed by atoms with Gasteiger partial charge < -0.3 is 10.6 Å². The second-order valence-electron chi connectivity index (χ2n) is 10.4. The van der Waals surface area contributed by atoms with Crippen LogP contribution in [0.3, 0.4) is 0 Å². The Bertz CT molecular complexity index is 620. The standard InChI is InChI=1S/C33H58N2O.BrH/c1-2-3-4-5-6-7-8-9-10-11-12-13-14-15-16-17-18-19-23-27-33(36)35-30-24-29-34-31-28-32-25-21-20-22-26-32;/h9-10,20-22,25-26,34H,2-8,11-19,23-24,27-31H2,1H3,(H,35,36);1H/b10-9-;. The Morgan fingerprint density at radius 1 is 0.649 bits per heavy atom. The van der Waals surface area contributed by atoms with Crippen LogP contribution in [0.4, 0.5) is 0 Å². The summed E-state index contributed by atoms with van der Waals surface area (Å²) in [7, 11) is 0. The van der Waals surface area contributed by atoms with E-state index in [0.29, 0.717) is 6.42 Å². The van der Waals surface area contributed by atoms with E-state index in [-0.39, 0.29) is 22.9 Å². The van der Waals surface area contributed by atoms with Gasteiger partial charge in [-0.25, -0.2) is 0 Å². The van der Waals surface area contributed by atoms with Crippen molar-refractivity contribution < 1.29 is 4.79 Å². The quantitative estimate of drug-likeness (QED) is 0.0848. The predicted octanol–water partition coefficient (Wildman–Crippen LogP) is 9.50. The summed E-state index contributed by atoms with van der Waals surface area (Å²) < 4.78 is 0. The molecule has 1 amide bonds. The molecule has 0 spiro atoms. The van der Waals surface area contributed by atoms with Crippen molar-refractivity contribution in [1.82, 2.24) is 10.6 Å². The summed E-state index contributed by atoms with van der Waals surface area (Å²) in [4.78, 5) is 12.0. The summed E-state index contributed by atoms with van der Waals surface area (Å²) in [6, 6.07) is 10.6. The number of unbranched alkanes of at least 4 members (excludes halogenated alkanes) is 15. The van der Waals surface area contributed by atoms with Gasteiger partial charge in [0.15, 0.2) is 0 Å². The summed E-state index contributed by atoms with van der Waals surface area (Å²) in [5, 5.41) is 6.53. The van der Waals surface area contributed by atoms with Crippen molar-refractivity contribution in [1.29, 1.82) is 0 Å². The monoisotopic (exact) mass is 578 g/mol. The summed E-state index contributed by atoms with van der Waals surface area (Å²) in [6.45, 7) is 5.02. The fraction of sp³-hybridized carbons (Fsp3) is 0.727. The predicted molar refractivity (Wildman–Crippen MR) is 169 cm³/mol. The smallest absolute Gasteiger partial charge is 0.219 e. The molecule has 0 aliphatic rings. The number of halogens is 1. The maximum absolute atomic E-state index is 12.0. The number of hydrogen-bond donors (Lipinski definition) is 2. The van der Waals surface area contributed by atoms with Crippen LogP contribution in [0.2, 0.25) is 0 Å². The minimum atomic E-state index is 0. The van der Waals surface area contributed by atoms with Crippen LogP contribution in [0.25, 0.3) is 0 Å². The lowest BCUT2D eigenvalue weighted by Gasteiger charge is -2.07. The Balaban J connectivity index is 0.0000130. The first kappa shape index (κ1) is 35.9. The van der Waals surface area contributed by atoms with E-state index in [1.165, 1.54) is 108 Å². The third-order valence-electron chi connectivity index (χ3n) is 6.95. The van der Waals surface area contributed by atoms with E-state index in [2.05, 4.69) is 60.0 Å². The molecular weight excluding hydrogens is 520 g/mol. The van der Waals surface area contributed by atoms with Gasteiger partial charge in [0.1, 0.15) is 0 Å². The highest BCUT2D eigenvalue weighted by molar-refractivity contribution is 8.93. The van der Waals surface area contributed by atoms with Gasteiger partial charge in [0.2, 0.25) is 5.91 Å². The summed E-state index contributed by atoms with van der Waals surface area (Å²) in [5.41, 5.74) is 1.37. The van der Waals surface area contributed by atoms with E-state index in [1.54, 1.807) is 0 Å². The van der Waals surface area contributed by atoms with Gasteiger partial charge in [-0.2, -0.15) is 0 Å². The average Bonchev–Trinajstić information content (AvgIpc) is 2.90. The van der Waals surface area contributed by atoms with E-state index < -0.39 is 0 Å². The van der Waals surface area contributed by atoms with Gasteiger partial charge in [-0.15, -0.1) is 17.0 Å². The molecule has 37 heavy (non-hydrogen) atoms. The lowest BCUT2D eigenvalue weighted by molar-refractivity contribution is -0.121. The molecule has 1 aromatic rings. The third kappa shape index (κ3) is 26.3. The average molecular weight is 580 g/mol. The summed E-state index contributed by atoms with van der Waals surface area (Å²) in [5.74, 6) is 0.223. The van der Waals surface area contributed by atoms with E-state index in [4.69, 9.17) is 0 Å². The molecule has 0 aromatic heterocycles. The Morgan fingerprint density at radius 3 is 1.78 bits per heavy atom. The number of carbonyl (C=O) groups is 1. The van der Waals surface area contributed by atoms with Crippen LogP contribution in [-0.2, 0) is 11.2 Å². The number of hydrogen-bond acceptors (Lipinski definition) is 2. The first-order valence-electron chi connectivity index (χ1n) is 15.5. The molecule has 0 fully saturated rings. The molecule has 0 aliphatic heterocycles. The van der Waals surface area contributed by atoms with Crippen LogP contribution in [0, 0.1) is 0 Å². The van der Waals surface area contributed by atoms with Gasteiger partial charge in [0.25, 0.3) is 0 Å². The van der Waals surface area contributed by atoms with Crippen molar-refractivity contribution >= 4 is 22.9 Å². The molecule has 214 valence electrons. The minimum absolute atomic E-state index is 0. The number of rotatable bonds is 26. The number of allylic oxidation sites excluding steroid dienone is 2. The highest BCUT2D eigenvalue weighted by Gasteiger charge is 2.00. The van der Waals surface area contributed by atoms with Gasteiger partial charge in [-0.05, 0) is 63.6 Å². The van der Waals surface area contributed by atoms with Crippen LogP contribution in [0.1, 0.15) is 134 Å². The molecule has 0 radical (unpaired) electrons. The van der Waals surface area contributed by atoms with Crippen LogP contribution in [-0.4, -0.2) is 25.5 Å². The van der Waals surface area contributed by atoms with Crippen molar-refractivity contribution in [3.8, 4) is 0 Å². The molecule has 0 saturated carbocycles. The fourth-order valence-electron chi connectivity index (χ4n) is 4.60. The lowest BCUT2D eigenvalue weighted by Crippen LogP contribution is -2.27. The largest absolute Gasteiger partial charge is 0.356 e. The van der Waals surface area contributed by atoms with E-state index in [1.807, 2.05) is 0 Å². The van der Waals surface area contributed by atoms with Crippen LogP contribution < -0.4 is 10.6 Å². The number of amides is 1. The van der Waals surface area contributed by atoms with Crippen LogP contribution >= 0.6 is 17.0 Å². The molecule has 0 atom stereocenters. The van der Waals surface area contributed by atoms with Crippen LogP contribution in [0.15, 0.2) is 42.5 Å². The van der Waals surface area contributed by atoms with Gasteiger partial charge in [-0.1, -0.05) is 126 Å². The minimum Gasteiger partial charge on any atom is -0.356 e. The van der Waals surface area contributed by atoms with Crippen molar-refractivity contribution in [2.45, 2.75) is 135 Å². The maximum atomic E-state index is 12.0. The number of nitrogens with one attached hydrogen (secondary N) is 2. The fourth-order valence-corrected chi connectivity index (χ4v) is 4.60. The van der Waals surface area contributed by atoms with E-state index in [0.717, 1.165) is 38.9 Å². The molecular formula is C33H59BrN2O. The zero-order chi connectivity index (χ0) is 25.8. The first-order valence-corrected chi connectivity index (χ1v) is 15.5. The van der Waals surface area contributed by atoms with Gasteiger partial charge in [-0.3, -0.25) is 4.79 Å². The Labute approximate surface area is 240 Å². The van der Waals surface area contributed by atoms with Gasteiger partial charge >= 0.3 is 0 Å². The molecule has 1 rings (SSSR count). The Hall–Kier alpha value is -1.13. The molecule has 4 heteroatoms. The van der Waals surface area contributed by atoms with Crippen molar-refractivity contribution in [2.75, 3.05) is 19.6 Å². The first-order chi connectivity index (χ1) is 17.8. The zero-order valence-corrected chi connectivity index (χ0v) is 25.8. The SMILES string of the molecule is Br.CCCCCCCC/C=C\CCCCCCCCCCCC(=O)NCCCNCCc1ccccc1. The van der Waals surface area contributed by atoms with Crippen molar-refractivity contribution in [3.63, 3.8) is 0 Å². The molecule has 0 saturated heterocycles. The Morgan fingerprint density at radius 2 is 1.19 bits per heavy atom. The van der Waals surface area contributed by atoms with Gasteiger partial charge in [0.05, 0.1) is 0 Å². The maximum Gasteiger partial charge on any atom is 0.219 e. The molecule has 0 heterocycles. The second-order valence-corrected chi connectivity index (χ2v) is 10.4.